The molecule has 2 aliphatic rings. The number of piperazine rings is 1. The largest absolute Gasteiger partial charge is 0.341 e. The van der Waals surface area contributed by atoms with Crippen LogP contribution in [0.2, 0.25) is 0 Å². The predicted molar refractivity (Wildman–Crippen MR) is 157 cm³/mol. The second-order valence-corrected chi connectivity index (χ2v) is 11.9. The lowest BCUT2D eigenvalue weighted by molar-refractivity contribution is -0.129. The third-order valence-corrected chi connectivity index (χ3v) is 8.77. The summed E-state index contributed by atoms with van der Waals surface area (Å²) in [5.74, 6) is 1.62. The minimum absolute atomic E-state index is 0.0659. The van der Waals surface area contributed by atoms with E-state index in [4.69, 9.17) is 9.97 Å². The average Bonchev–Trinajstić information content (AvgIpc) is 3.46. The Labute approximate surface area is 238 Å². The van der Waals surface area contributed by atoms with Crippen molar-refractivity contribution in [2.75, 3.05) is 59.1 Å². The Kier molecular flexibility index (Phi) is 7.30. The number of amides is 1. The number of aromatic nitrogens is 5. The monoisotopic (exact) mass is 576 g/mol. The molecule has 4 heterocycles. The third kappa shape index (κ3) is 6.01. The molecular weight excluding hydrogens is 544 g/mol. The minimum Gasteiger partial charge on any atom is -0.341 e. The Morgan fingerprint density at radius 3 is 2.17 bits per heavy atom. The van der Waals surface area contributed by atoms with Gasteiger partial charge in [-0.15, -0.1) is 0 Å². The SMILES string of the molecule is CC(=O)N1CCN(c2nc(Nc3ccc(S(=O)(=O)Nc4ccc5cn[nH]c5c4)cc3)nc(N3CCCCC3)n2)CC1. The second-order valence-electron chi connectivity index (χ2n) is 10.2. The number of carbonyl (C=O) groups is 1. The molecule has 0 unspecified atom stereocenters. The van der Waals surface area contributed by atoms with E-state index in [1.54, 1.807) is 43.5 Å². The average molecular weight is 577 g/mol. The fourth-order valence-corrected chi connectivity index (χ4v) is 6.12. The zero-order valence-corrected chi connectivity index (χ0v) is 23.6. The highest BCUT2D eigenvalue weighted by atomic mass is 32.2. The van der Waals surface area contributed by atoms with Gasteiger partial charge in [-0.25, -0.2) is 8.42 Å². The van der Waals surface area contributed by atoms with Crippen LogP contribution in [0.25, 0.3) is 10.9 Å². The van der Waals surface area contributed by atoms with Gasteiger partial charge in [0.15, 0.2) is 0 Å². The molecule has 1 amide bonds. The van der Waals surface area contributed by atoms with Gasteiger partial charge in [0.05, 0.1) is 22.3 Å². The Bertz CT molecular complexity index is 1640. The summed E-state index contributed by atoms with van der Waals surface area (Å²) in [7, 11) is -3.80. The smallest absolute Gasteiger partial charge is 0.261 e. The summed E-state index contributed by atoms with van der Waals surface area (Å²) in [5, 5.41) is 10.9. The maximum atomic E-state index is 13.0. The predicted octanol–water partition coefficient (Wildman–Crippen LogP) is 2.95. The van der Waals surface area contributed by atoms with E-state index in [-0.39, 0.29) is 10.8 Å². The molecule has 14 heteroatoms. The van der Waals surface area contributed by atoms with Crippen molar-refractivity contribution in [1.29, 1.82) is 0 Å². The van der Waals surface area contributed by atoms with E-state index in [1.807, 2.05) is 4.90 Å². The van der Waals surface area contributed by atoms with Crippen LogP contribution in [0.4, 0.5) is 29.2 Å². The van der Waals surface area contributed by atoms with Crippen LogP contribution in [0.5, 0.6) is 0 Å². The molecule has 2 aromatic heterocycles. The molecule has 0 aliphatic carbocycles. The van der Waals surface area contributed by atoms with Crippen LogP contribution in [-0.2, 0) is 14.8 Å². The van der Waals surface area contributed by atoms with Gasteiger partial charge in [-0.3, -0.25) is 14.6 Å². The Morgan fingerprint density at radius 1 is 0.829 bits per heavy atom. The van der Waals surface area contributed by atoms with Crippen LogP contribution in [0.1, 0.15) is 26.2 Å². The topological polar surface area (TPSA) is 152 Å². The molecular formula is C27H32N10O3S. The van der Waals surface area contributed by atoms with E-state index >= 15 is 0 Å². The van der Waals surface area contributed by atoms with Crippen LogP contribution in [0.15, 0.2) is 53.6 Å². The van der Waals surface area contributed by atoms with E-state index < -0.39 is 10.0 Å². The first-order valence-electron chi connectivity index (χ1n) is 13.7. The molecule has 2 fully saturated rings. The van der Waals surface area contributed by atoms with Crippen LogP contribution in [0.3, 0.4) is 0 Å². The lowest BCUT2D eigenvalue weighted by atomic mass is 10.1. The first-order chi connectivity index (χ1) is 19.8. The van der Waals surface area contributed by atoms with Crippen molar-refractivity contribution in [2.45, 2.75) is 31.1 Å². The first kappa shape index (κ1) is 26.7. The molecule has 0 bridgehead atoms. The number of fused-ring (bicyclic) bond motifs is 1. The van der Waals surface area contributed by atoms with E-state index in [0.29, 0.717) is 55.4 Å². The zero-order chi connectivity index (χ0) is 28.4. The van der Waals surface area contributed by atoms with Gasteiger partial charge >= 0.3 is 0 Å². The summed E-state index contributed by atoms with van der Waals surface area (Å²) in [5.41, 5.74) is 1.83. The number of hydrogen-bond acceptors (Lipinski definition) is 10. The van der Waals surface area contributed by atoms with Crippen molar-refractivity contribution in [3.63, 3.8) is 0 Å². The van der Waals surface area contributed by atoms with Crippen molar-refractivity contribution in [1.82, 2.24) is 30.0 Å². The van der Waals surface area contributed by atoms with Crippen LogP contribution >= 0.6 is 0 Å². The van der Waals surface area contributed by atoms with E-state index in [1.165, 1.54) is 18.6 Å². The third-order valence-electron chi connectivity index (χ3n) is 7.37. The molecule has 2 aliphatic heterocycles. The molecule has 4 aromatic rings. The highest BCUT2D eigenvalue weighted by Crippen LogP contribution is 2.25. The number of hydrogen-bond donors (Lipinski definition) is 3. The fraction of sp³-hybridized carbons (Fsp3) is 0.370. The number of nitrogens with zero attached hydrogens (tertiary/aromatic N) is 7. The van der Waals surface area contributed by atoms with Crippen molar-refractivity contribution < 1.29 is 13.2 Å². The number of rotatable bonds is 7. The normalized spacial score (nSPS) is 16.2. The quantitative estimate of drug-likeness (QED) is 0.299. The number of sulfonamides is 1. The summed E-state index contributed by atoms with van der Waals surface area (Å²) in [4.78, 5) is 32.1. The number of aromatic amines is 1. The molecule has 0 saturated carbocycles. The maximum Gasteiger partial charge on any atom is 0.261 e. The number of benzene rings is 2. The maximum absolute atomic E-state index is 13.0. The summed E-state index contributed by atoms with van der Waals surface area (Å²) in [6, 6.07) is 11.6. The van der Waals surface area contributed by atoms with Gasteiger partial charge in [-0.05, 0) is 61.7 Å². The van der Waals surface area contributed by atoms with Gasteiger partial charge in [-0.1, -0.05) is 0 Å². The van der Waals surface area contributed by atoms with Gasteiger partial charge in [0.25, 0.3) is 10.0 Å². The van der Waals surface area contributed by atoms with Gasteiger partial charge in [-0.2, -0.15) is 20.1 Å². The molecule has 41 heavy (non-hydrogen) atoms. The number of carbonyl (C=O) groups excluding carboxylic acids is 1. The van der Waals surface area contributed by atoms with Crippen molar-refractivity contribution in [3.05, 3.63) is 48.7 Å². The summed E-state index contributed by atoms with van der Waals surface area (Å²) >= 11 is 0. The Balaban J connectivity index is 1.20. The van der Waals surface area contributed by atoms with E-state index in [0.717, 1.165) is 36.8 Å². The molecule has 2 saturated heterocycles. The van der Waals surface area contributed by atoms with Crippen molar-refractivity contribution in [3.8, 4) is 0 Å². The summed E-state index contributed by atoms with van der Waals surface area (Å²) in [6.45, 7) is 5.85. The Morgan fingerprint density at radius 2 is 1.49 bits per heavy atom. The lowest BCUT2D eigenvalue weighted by Crippen LogP contribution is -2.48. The second kappa shape index (κ2) is 11.2. The van der Waals surface area contributed by atoms with Crippen LogP contribution in [0, 0.1) is 0 Å². The van der Waals surface area contributed by atoms with E-state index in [9.17, 15) is 13.2 Å². The van der Waals surface area contributed by atoms with E-state index in [2.05, 4.69) is 35.0 Å². The molecule has 214 valence electrons. The fourth-order valence-electron chi connectivity index (χ4n) is 5.07. The van der Waals surface area contributed by atoms with Gasteiger partial charge in [0.2, 0.25) is 23.8 Å². The number of H-pyrrole nitrogens is 1. The molecule has 0 atom stereocenters. The Hall–Kier alpha value is -4.46. The summed E-state index contributed by atoms with van der Waals surface area (Å²) < 4.78 is 28.7. The van der Waals surface area contributed by atoms with Crippen molar-refractivity contribution in [2.24, 2.45) is 0 Å². The zero-order valence-electron chi connectivity index (χ0n) is 22.7. The standard InChI is InChI=1S/C27H32N10O3S/c1-19(38)35-13-15-37(16-14-35)27-31-25(30-26(32-27)36-11-3-2-4-12-36)29-21-7-9-23(10-8-21)41(39,40)34-22-6-5-20-18-28-33-24(20)17-22/h5-10,17-18,34H,2-4,11-16H2,1H3,(H,28,33)(H,29,30,31,32). The molecule has 0 spiro atoms. The van der Waals surface area contributed by atoms with Crippen molar-refractivity contribution >= 4 is 56.1 Å². The number of nitrogens with one attached hydrogen (secondary N) is 3. The van der Waals surface area contributed by atoms with Crippen LogP contribution in [-0.4, -0.2) is 83.6 Å². The lowest BCUT2D eigenvalue weighted by Gasteiger charge is -2.35. The first-order valence-corrected chi connectivity index (χ1v) is 15.2. The van der Waals surface area contributed by atoms with Gasteiger partial charge < -0.3 is 20.0 Å². The molecule has 6 rings (SSSR count). The minimum atomic E-state index is -3.80. The van der Waals surface area contributed by atoms with Crippen LogP contribution < -0.4 is 19.8 Å². The highest BCUT2D eigenvalue weighted by molar-refractivity contribution is 7.92. The van der Waals surface area contributed by atoms with Gasteiger partial charge in [0.1, 0.15) is 0 Å². The summed E-state index contributed by atoms with van der Waals surface area (Å²) in [6.07, 6.45) is 5.04. The molecule has 13 nitrogen and oxygen atoms in total. The number of piperidine rings is 1. The highest BCUT2D eigenvalue weighted by Gasteiger charge is 2.24. The molecule has 3 N–H and O–H groups in total. The van der Waals surface area contributed by atoms with Gasteiger partial charge in [0, 0.05) is 57.3 Å². The molecule has 2 aromatic carbocycles. The number of anilines is 5. The molecule has 0 radical (unpaired) electrons.